The third-order valence-corrected chi connectivity index (χ3v) is 1.81. The molecular formula is C9H15NO2. The number of hydrogen-bond acceptors (Lipinski definition) is 3. The molecule has 3 heteroatoms. The van der Waals surface area contributed by atoms with Gasteiger partial charge < -0.3 is 14.8 Å². The number of aliphatic hydroxyl groups excluding tert-OH is 1. The van der Waals surface area contributed by atoms with Crippen LogP contribution >= 0.6 is 0 Å². The fourth-order valence-corrected chi connectivity index (χ4v) is 1.24. The van der Waals surface area contributed by atoms with Crippen molar-refractivity contribution in [3.05, 3.63) is 24.2 Å². The van der Waals surface area contributed by atoms with Crippen molar-refractivity contribution in [2.24, 2.45) is 0 Å². The number of furan rings is 1. The van der Waals surface area contributed by atoms with Gasteiger partial charge in [-0.2, -0.15) is 0 Å². The average Bonchev–Trinajstić information content (AvgIpc) is 2.56. The van der Waals surface area contributed by atoms with E-state index in [9.17, 15) is 0 Å². The SMILES string of the molecule is CCNC(CCO)c1ccoc1. The summed E-state index contributed by atoms with van der Waals surface area (Å²) in [4.78, 5) is 0. The zero-order valence-electron chi connectivity index (χ0n) is 7.29. The molecule has 1 heterocycles. The van der Waals surface area contributed by atoms with Crippen molar-refractivity contribution in [1.82, 2.24) is 5.32 Å². The largest absolute Gasteiger partial charge is 0.472 e. The van der Waals surface area contributed by atoms with Gasteiger partial charge in [0.25, 0.3) is 0 Å². The Labute approximate surface area is 72.4 Å². The molecule has 0 amide bonds. The van der Waals surface area contributed by atoms with Gasteiger partial charge in [-0.1, -0.05) is 6.92 Å². The average molecular weight is 169 g/mol. The van der Waals surface area contributed by atoms with Gasteiger partial charge >= 0.3 is 0 Å². The molecule has 0 radical (unpaired) electrons. The molecule has 0 aliphatic rings. The van der Waals surface area contributed by atoms with Crippen LogP contribution in [0.2, 0.25) is 0 Å². The van der Waals surface area contributed by atoms with E-state index < -0.39 is 0 Å². The van der Waals surface area contributed by atoms with Crippen molar-refractivity contribution in [3.63, 3.8) is 0 Å². The summed E-state index contributed by atoms with van der Waals surface area (Å²) in [5, 5.41) is 12.1. The summed E-state index contributed by atoms with van der Waals surface area (Å²) in [5.74, 6) is 0. The normalized spacial score (nSPS) is 13.2. The maximum absolute atomic E-state index is 8.79. The van der Waals surface area contributed by atoms with Gasteiger partial charge in [0.2, 0.25) is 0 Å². The van der Waals surface area contributed by atoms with E-state index in [1.54, 1.807) is 12.5 Å². The molecule has 1 atom stereocenters. The van der Waals surface area contributed by atoms with Crippen LogP contribution in [0.25, 0.3) is 0 Å². The zero-order chi connectivity index (χ0) is 8.81. The van der Waals surface area contributed by atoms with E-state index in [-0.39, 0.29) is 12.6 Å². The first kappa shape index (κ1) is 9.29. The number of rotatable bonds is 5. The summed E-state index contributed by atoms with van der Waals surface area (Å²) in [6.07, 6.45) is 4.09. The van der Waals surface area contributed by atoms with E-state index in [1.807, 2.05) is 13.0 Å². The third-order valence-electron chi connectivity index (χ3n) is 1.81. The fourth-order valence-electron chi connectivity index (χ4n) is 1.24. The molecule has 0 aliphatic heterocycles. The first-order valence-electron chi connectivity index (χ1n) is 4.24. The van der Waals surface area contributed by atoms with Gasteiger partial charge in [-0.25, -0.2) is 0 Å². The van der Waals surface area contributed by atoms with Gasteiger partial charge in [-0.15, -0.1) is 0 Å². The lowest BCUT2D eigenvalue weighted by atomic mass is 10.1. The summed E-state index contributed by atoms with van der Waals surface area (Å²) < 4.78 is 4.97. The van der Waals surface area contributed by atoms with E-state index in [0.29, 0.717) is 0 Å². The lowest BCUT2D eigenvalue weighted by Crippen LogP contribution is -2.21. The molecular weight excluding hydrogens is 154 g/mol. The molecule has 0 aromatic carbocycles. The zero-order valence-corrected chi connectivity index (χ0v) is 7.29. The highest BCUT2D eigenvalue weighted by molar-refractivity contribution is 5.11. The van der Waals surface area contributed by atoms with Crippen LogP contribution in [0.3, 0.4) is 0 Å². The van der Waals surface area contributed by atoms with E-state index in [2.05, 4.69) is 5.32 Å². The fraction of sp³-hybridized carbons (Fsp3) is 0.556. The summed E-state index contributed by atoms with van der Waals surface area (Å²) in [6.45, 7) is 3.14. The maximum Gasteiger partial charge on any atom is 0.0950 e. The molecule has 1 aromatic heterocycles. The number of aliphatic hydroxyl groups is 1. The standard InChI is InChI=1S/C9H15NO2/c1-2-10-9(3-5-11)8-4-6-12-7-8/h4,6-7,9-11H,2-3,5H2,1H3. The maximum atomic E-state index is 8.79. The van der Waals surface area contributed by atoms with E-state index in [1.165, 1.54) is 0 Å². The van der Waals surface area contributed by atoms with Crippen LogP contribution in [0.4, 0.5) is 0 Å². The van der Waals surface area contributed by atoms with Crippen molar-refractivity contribution in [2.45, 2.75) is 19.4 Å². The van der Waals surface area contributed by atoms with Crippen molar-refractivity contribution in [3.8, 4) is 0 Å². The Morgan fingerprint density at radius 2 is 2.50 bits per heavy atom. The number of nitrogens with one attached hydrogen (secondary N) is 1. The van der Waals surface area contributed by atoms with Crippen molar-refractivity contribution >= 4 is 0 Å². The number of hydrogen-bond donors (Lipinski definition) is 2. The van der Waals surface area contributed by atoms with Gasteiger partial charge in [0.15, 0.2) is 0 Å². The molecule has 0 saturated heterocycles. The van der Waals surface area contributed by atoms with Crippen LogP contribution in [0, 0.1) is 0 Å². The second-order valence-corrected chi connectivity index (χ2v) is 2.68. The van der Waals surface area contributed by atoms with Gasteiger partial charge in [-0.05, 0) is 19.0 Å². The molecule has 0 spiro atoms. The molecule has 0 fully saturated rings. The lowest BCUT2D eigenvalue weighted by molar-refractivity contribution is 0.266. The summed E-state index contributed by atoms with van der Waals surface area (Å²) >= 11 is 0. The van der Waals surface area contributed by atoms with Gasteiger partial charge in [0, 0.05) is 18.2 Å². The van der Waals surface area contributed by atoms with Crippen molar-refractivity contribution in [1.29, 1.82) is 0 Å². The predicted octanol–water partition coefficient (Wildman–Crippen LogP) is 1.31. The van der Waals surface area contributed by atoms with Gasteiger partial charge in [0.1, 0.15) is 0 Å². The van der Waals surface area contributed by atoms with Crippen LogP contribution in [0.1, 0.15) is 24.9 Å². The molecule has 0 aliphatic carbocycles. The molecule has 68 valence electrons. The van der Waals surface area contributed by atoms with Gasteiger partial charge in [0.05, 0.1) is 12.5 Å². The summed E-state index contributed by atoms with van der Waals surface area (Å²) in [7, 11) is 0. The minimum atomic E-state index is 0.197. The third kappa shape index (κ3) is 2.36. The molecule has 1 aromatic rings. The van der Waals surface area contributed by atoms with E-state index in [4.69, 9.17) is 9.52 Å². The Hall–Kier alpha value is -0.800. The predicted molar refractivity (Wildman–Crippen MR) is 46.8 cm³/mol. The van der Waals surface area contributed by atoms with E-state index >= 15 is 0 Å². The second kappa shape index (κ2) is 4.95. The van der Waals surface area contributed by atoms with Crippen molar-refractivity contribution < 1.29 is 9.52 Å². The Morgan fingerprint density at radius 1 is 1.67 bits per heavy atom. The summed E-state index contributed by atoms with van der Waals surface area (Å²) in [6, 6.07) is 2.14. The Balaban J connectivity index is 2.53. The topological polar surface area (TPSA) is 45.4 Å². The molecule has 3 nitrogen and oxygen atoms in total. The molecule has 12 heavy (non-hydrogen) atoms. The minimum absolute atomic E-state index is 0.197. The Morgan fingerprint density at radius 3 is 3.00 bits per heavy atom. The monoisotopic (exact) mass is 169 g/mol. The van der Waals surface area contributed by atoms with Gasteiger partial charge in [-0.3, -0.25) is 0 Å². The highest BCUT2D eigenvalue weighted by atomic mass is 16.3. The van der Waals surface area contributed by atoms with Crippen LogP contribution < -0.4 is 5.32 Å². The van der Waals surface area contributed by atoms with Crippen molar-refractivity contribution in [2.75, 3.05) is 13.2 Å². The summed E-state index contributed by atoms with van der Waals surface area (Å²) in [5.41, 5.74) is 1.10. The van der Waals surface area contributed by atoms with Crippen LogP contribution in [0.15, 0.2) is 23.0 Å². The van der Waals surface area contributed by atoms with Crippen LogP contribution in [-0.4, -0.2) is 18.3 Å². The highest BCUT2D eigenvalue weighted by Crippen LogP contribution is 2.16. The van der Waals surface area contributed by atoms with Crippen LogP contribution in [-0.2, 0) is 0 Å². The highest BCUT2D eigenvalue weighted by Gasteiger charge is 2.09. The van der Waals surface area contributed by atoms with E-state index in [0.717, 1.165) is 18.5 Å². The Kier molecular flexibility index (Phi) is 3.84. The molecule has 0 bridgehead atoms. The minimum Gasteiger partial charge on any atom is -0.472 e. The second-order valence-electron chi connectivity index (χ2n) is 2.68. The molecule has 1 rings (SSSR count). The molecule has 0 saturated carbocycles. The van der Waals surface area contributed by atoms with Crippen LogP contribution in [0.5, 0.6) is 0 Å². The first-order chi connectivity index (χ1) is 5.88. The molecule has 2 N–H and O–H groups in total. The quantitative estimate of drug-likeness (QED) is 0.698. The Bertz CT molecular complexity index is 190. The first-order valence-corrected chi connectivity index (χ1v) is 4.24. The smallest absolute Gasteiger partial charge is 0.0950 e. The molecule has 1 unspecified atom stereocenters. The lowest BCUT2D eigenvalue weighted by Gasteiger charge is -2.14.